The zero-order valence-corrected chi connectivity index (χ0v) is 22.9. The lowest BCUT2D eigenvalue weighted by atomic mass is 10.1. The van der Waals surface area contributed by atoms with E-state index < -0.39 is 31.8 Å². The van der Waals surface area contributed by atoms with E-state index in [2.05, 4.69) is 10.3 Å². The molecule has 200 valence electrons. The fourth-order valence-electron chi connectivity index (χ4n) is 4.11. The number of hydrogen-bond donors (Lipinski definition) is 1. The molecule has 0 bridgehead atoms. The van der Waals surface area contributed by atoms with E-state index >= 15 is 0 Å². The number of carbonyl (C=O) groups excluding carboxylic acids is 1. The Morgan fingerprint density at radius 1 is 1.24 bits per heavy atom. The second kappa shape index (κ2) is 9.85. The highest BCUT2D eigenvalue weighted by Gasteiger charge is 2.58. The number of nitrogens with zero attached hydrogens (tertiary/aromatic N) is 4. The zero-order valence-electron chi connectivity index (χ0n) is 22.1. The number of aryl methyl sites for hydroxylation is 1. The van der Waals surface area contributed by atoms with Gasteiger partial charge < -0.3 is 14.6 Å². The van der Waals surface area contributed by atoms with Gasteiger partial charge in [-0.3, -0.25) is 9.59 Å². The van der Waals surface area contributed by atoms with Gasteiger partial charge in [0, 0.05) is 37.8 Å². The summed E-state index contributed by atoms with van der Waals surface area (Å²) >= 11 is 0. The van der Waals surface area contributed by atoms with Crippen molar-refractivity contribution < 1.29 is 17.9 Å². The summed E-state index contributed by atoms with van der Waals surface area (Å²) in [6.07, 6.45) is 2.45. The lowest BCUT2D eigenvalue weighted by Gasteiger charge is -2.34. The normalized spacial score (nSPS) is 14.8. The van der Waals surface area contributed by atoms with Crippen LogP contribution in [0, 0.1) is 11.3 Å². The van der Waals surface area contributed by atoms with Gasteiger partial charge in [-0.1, -0.05) is 12.1 Å². The first-order valence-corrected chi connectivity index (χ1v) is 13.6. The third-order valence-electron chi connectivity index (χ3n) is 7.00. The number of pyridine rings is 2. The van der Waals surface area contributed by atoms with Crippen molar-refractivity contribution in [2.24, 2.45) is 7.05 Å². The summed E-state index contributed by atoms with van der Waals surface area (Å²) in [5.41, 5.74) is 0.524. The second-order valence-corrected chi connectivity index (χ2v) is 12.9. The molecule has 38 heavy (non-hydrogen) atoms. The first-order chi connectivity index (χ1) is 17.8. The van der Waals surface area contributed by atoms with Crippen molar-refractivity contribution in [1.82, 2.24) is 19.2 Å². The maximum Gasteiger partial charge on any atom is 0.263 e. The fraction of sp³-hybridized carbons (Fsp3) is 0.407. The van der Waals surface area contributed by atoms with Gasteiger partial charge in [-0.25, -0.2) is 13.4 Å². The number of fused-ring (bicyclic) bond motifs is 1. The predicted molar refractivity (Wildman–Crippen MR) is 143 cm³/mol. The highest BCUT2D eigenvalue weighted by molar-refractivity contribution is 7.90. The summed E-state index contributed by atoms with van der Waals surface area (Å²) in [7, 11) is -0.541. The van der Waals surface area contributed by atoms with Gasteiger partial charge in [-0.05, 0) is 63.4 Å². The molecule has 1 aromatic carbocycles. The lowest BCUT2D eigenvalue weighted by Crippen LogP contribution is -2.49. The molecule has 1 N–H and O–H groups in total. The van der Waals surface area contributed by atoms with Gasteiger partial charge in [0.15, 0.2) is 0 Å². The van der Waals surface area contributed by atoms with Crippen LogP contribution in [-0.4, -0.2) is 52.1 Å². The quantitative estimate of drug-likeness (QED) is 0.467. The Bertz CT molecular complexity index is 1590. The molecule has 0 aliphatic heterocycles. The Kier molecular flexibility index (Phi) is 7.07. The molecular formula is C27H31N5O5S. The Morgan fingerprint density at radius 3 is 2.47 bits per heavy atom. The highest BCUT2D eigenvalue weighted by atomic mass is 32.2. The monoisotopic (exact) mass is 537 g/mol. The van der Waals surface area contributed by atoms with Crippen molar-refractivity contribution in [2.75, 3.05) is 13.7 Å². The van der Waals surface area contributed by atoms with Gasteiger partial charge in [-0.15, -0.1) is 0 Å². The van der Waals surface area contributed by atoms with E-state index in [-0.39, 0.29) is 24.6 Å². The van der Waals surface area contributed by atoms with Crippen molar-refractivity contribution in [3.63, 3.8) is 0 Å². The summed E-state index contributed by atoms with van der Waals surface area (Å²) in [5.74, 6) is -0.407. The number of benzene rings is 1. The molecule has 11 heteroatoms. The molecule has 1 fully saturated rings. The molecule has 1 aliphatic carbocycles. The van der Waals surface area contributed by atoms with Crippen LogP contribution >= 0.6 is 0 Å². The smallest absolute Gasteiger partial charge is 0.263 e. The molecule has 1 aliphatic rings. The van der Waals surface area contributed by atoms with Gasteiger partial charge in [0.25, 0.3) is 11.5 Å². The van der Waals surface area contributed by atoms with Gasteiger partial charge in [-0.2, -0.15) is 9.57 Å². The van der Waals surface area contributed by atoms with Crippen LogP contribution in [0.3, 0.4) is 0 Å². The summed E-state index contributed by atoms with van der Waals surface area (Å²) in [6, 6.07) is 12.0. The van der Waals surface area contributed by atoms with Crippen molar-refractivity contribution >= 4 is 26.8 Å². The third kappa shape index (κ3) is 5.01. The number of sulfonamides is 1. The zero-order chi connectivity index (χ0) is 27.9. The molecule has 2 heterocycles. The molecule has 10 nitrogen and oxygen atoms in total. The van der Waals surface area contributed by atoms with Crippen LogP contribution < -0.4 is 15.6 Å². The number of nitrogens with one attached hydrogen (secondary N) is 1. The van der Waals surface area contributed by atoms with E-state index in [0.29, 0.717) is 29.3 Å². The SMILES string of the molecule is CN(C(C)(C)C)S(=O)(=O)C1(COc2nccc3cc(C(=O)NCc4ccc(C#N)cc4)c(=O)n(C)c23)CC1. The molecule has 0 unspecified atom stereocenters. The van der Waals surface area contributed by atoms with Gasteiger partial charge >= 0.3 is 0 Å². The Morgan fingerprint density at radius 2 is 1.89 bits per heavy atom. The van der Waals surface area contributed by atoms with E-state index in [0.717, 1.165) is 5.56 Å². The molecule has 4 rings (SSSR count). The first-order valence-electron chi connectivity index (χ1n) is 12.2. The molecule has 0 saturated heterocycles. The minimum atomic E-state index is -3.63. The van der Waals surface area contributed by atoms with E-state index in [1.807, 2.05) is 26.8 Å². The average molecular weight is 538 g/mol. The minimum Gasteiger partial charge on any atom is -0.474 e. The molecular weight excluding hydrogens is 506 g/mol. The summed E-state index contributed by atoms with van der Waals surface area (Å²) < 4.78 is 34.2. The molecule has 1 amide bonds. The minimum absolute atomic E-state index is 0.0427. The number of amides is 1. The predicted octanol–water partition coefficient (Wildman–Crippen LogP) is 2.71. The van der Waals surface area contributed by atoms with Gasteiger partial charge in [0.1, 0.15) is 22.4 Å². The van der Waals surface area contributed by atoms with Crippen LogP contribution in [0.25, 0.3) is 10.9 Å². The third-order valence-corrected chi connectivity index (χ3v) is 9.89. The van der Waals surface area contributed by atoms with Crippen LogP contribution in [0.15, 0.2) is 47.4 Å². The Balaban J connectivity index is 1.57. The molecule has 2 aromatic heterocycles. The summed E-state index contributed by atoms with van der Waals surface area (Å²) in [5, 5.41) is 12.2. The van der Waals surface area contributed by atoms with Gasteiger partial charge in [0.05, 0.1) is 11.6 Å². The van der Waals surface area contributed by atoms with E-state index in [1.54, 1.807) is 37.4 Å². The van der Waals surface area contributed by atoms with Crippen LogP contribution in [0.2, 0.25) is 0 Å². The van der Waals surface area contributed by atoms with E-state index in [9.17, 15) is 18.0 Å². The molecule has 0 spiro atoms. The number of hydrogen-bond acceptors (Lipinski definition) is 7. The van der Waals surface area contributed by atoms with Gasteiger partial charge in [0.2, 0.25) is 15.9 Å². The van der Waals surface area contributed by atoms with Crippen LogP contribution in [0.4, 0.5) is 0 Å². The molecule has 3 aromatic rings. The van der Waals surface area contributed by atoms with Crippen molar-refractivity contribution in [3.8, 4) is 11.9 Å². The largest absolute Gasteiger partial charge is 0.474 e. The second-order valence-electron chi connectivity index (χ2n) is 10.6. The number of nitriles is 1. The van der Waals surface area contributed by atoms with E-state index in [4.69, 9.17) is 10.00 Å². The lowest BCUT2D eigenvalue weighted by molar-refractivity contribution is 0.0949. The molecule has 0 radical (unpaired) electrons. The number of rotatable bonds is 8. The Labute approximate surface area is 221 Å². The standard InChI is InChI=1S/C27H31N5O5S/c1-26(2,3)32(5)38(35,36)27(11-12-27)17-37-24-22-20(10-13-29-24)14-21(25(34)31(22)4)23(33)30-16-19-8-6-18(15-28)7-9-19/h6-10,13-14H,11-12,16-17H2,1-5H3,(H,30,33). The van der Waals surface area contributed by atoms with Crippen LogP contribution in [0.5, 0.6) is 5.88 Å². The van der Waals surface area contributed by atoms with Crippen molar-refractivity contribution in [2.45, 2.75) is 50.4 Å². The average Bonchev–Trinajstić information content (AvgIpc) is 3.69. The fourth-order valence-corrected chi connectivity index (χ4v) is 6.24. The van der Waals surface area contributed by atoms with Crippen molar-refractivity contribution in [1.29, 1.82) is 5.26 Å². The molecule has 0 atom stereocenters. The first kappa shape index (κ1) is 27.3. The van der Waals surface area contributed by atoms with Crippen LogP contribution in [0.1, 0.15) is 55.1 Å². The van der Waals surface area contributed by atoms with Crippen LogP contribution in [-0.2, 0) is 23.6 Å². The highest BCUT2D eigenvalue weighted by Crippen LogP contribution is 2.46. The summed E-state index contributed by atoms with van der Waals surface area (Å²) in [6.45, 7) is 5.60. The number of carbonyl (C=O) groups is 1. The topological polar surface area (TPSA) is 134 Å². The number of aromatic nitrogens is 2. The maximum absolute atomic E-state index is 13.3. The maximum atomic E-state index is 13.3. The van der Waals surface area contributed by atoms with Crippen molar-refractivity contribution in [3.05, 3.63) is 69.6 Å². The summed E-state index contributed by atoms with van der Waals surface area (Å²) in [4.78, 5) is 30.3. The number of ether oxygens (including phenoxy) is 1. The molecule has 1 saturated carbocycles. The van der Waals surface area contributed by atoms with E-state index in [1.165, 1.54) is 28.2 Å². The Hall–Kier alpha value is -3.75.